The van der Waals surface area contributed by atoms with Gasteiger partial charge in [0, 0.05) is 0 Å². The normalized spacial score (nSPS) is 12.3. The molecule has 0 aliphatic rings. The van der Waals surface area contributed by atoms with Crippen LogP contribution >= 0.6 is 0 Å². The summed E-state index contributed by atoms with van der Waals surface area (Å²) in [5, 5.41) is 26.4. The van der Waals surface area contributed by atoms with E-state index < -0.39 is 30.3 Å². The van der Waals surface area contributed by atoms with Gasteiger partial charge in [0.1, 0.15) is 0 Å². The first-order chi connectivity index (χ1) is 10.2. The van der Waals surface area contributed by atoms with Gasteiger partial charge in [-0.15, -0.1) is 0 Å². The zero-order valence-corrected chi connectivity index (χ0v) is 13.6. The van der Waals surface area contributed by atoms with Crippen LogP contribution in [0.25, 0.3) is 6.08 Å². The van der Waals surface area contributed by atoms with Gasteiger partial charge in [0.25, 0.3) is 0 Å². The molecule has 0 aliphatic carbocycles. The lowest BCUT2D eigenvalue weighted by Gasteiger charge is -2.37. The maximum atomic E-state index is 12.0. The van der Waals surface area contributed by atoms with Gasteiger partial charge >= 0.3 is 13.5 Å². The zero-order valence-electron chi connectivity index (χ0n) is 13.6. The summed E-state index contributed by atoms with van der Waals surface area (Å²) < 4.78 is 40.7. The number of alkyl halides is 3. The van der Waals surface area contributed by atoms with Crippen LogP contribution in [0.1, 0.15) is 38.8 Å². The topological polar surface area (TPSA) is 69.9 Å². The molecular formula is C15H22BF3O4. The van der Waals surface area contributed by atoms with Crippen LogP contribution in [0.3, 0.4) is 0 Å². The SMILES string of the molecule is C=Cc1ccc(C(F)(F)F)cc1.CC(C)(O)C(C)(C)OB(O)O. The Morgan fingerprint density at radius 3 is 1.70 bits per heavy atom. The van der Waals surface area contributed by atoms with E-state index in [9.17, 15) is 18.3 Å². The Kier molecular flexibility index (Phi) is 7.50. The fraction of sp³-hybridized carbons (Fsp3) is 0.467. The van der Waals surface area contributed by atoms with Gasteiger partial charge in [0.05, 0.1) is 16.8 Å². The molecule has 130 valence electrons. The first-order valence-corrected chi connectivity index (χ1v) is 6.77. The van der Waals surface area contributed by atoms with Crippen LogP contribution in [0.4, 0.5) is 13.2 Å². The molecule has 4 nitrogen and oxygen atoms in total. The number of hydrogen-bond acceptors (Lipinski definition) is 4. The third-order valence-electron chi connectivity index (χ3n) is 3.35. The molecule has 0 heterocycles. The number of benzene rings is 1. The quantitative estimate of drug-likeness (QED) is 0.741. The summed E-state index contributed by atoms with van der Waals surface area (Å²) in [4.78, 5) is 0. The highest BCUT2D eigenvalue weighted by molar-refractivity contribution is 6.32. The van der Waals surface area contributed by atoms with Crippen LogP contribution in [-0.4, -0.2) is 33.7 Å². The van der Waals surface area contributed by atoms with Crippen LogP contribution in [0, 0.1) is 0 Å². The second-order valence-corrected chi connectivity index (χ2v) is 5.84. The van der Waals surface area contributed by atoms with Gasteiger partial charge in [0.15, 0.2) is 0 Å². The number of halogens is 3. The Morgan fingerprint density at radius 2 is 1.48 bits per heavy atom. The lowest BCUT2D eigenvalue weighted by molar-refractivity contribution is -0.137. The van der Waals surface area contributed by atoms with Crippen LogP contribution in [0.15, 0.2) is 30.8 Å². The van der Waals surface area contributed by atoms with Crippen molar-refractivity contribution < 1.29 is 33.0 Å². The van der Waals surface area contributed by atoms with E-state index in [1.165, 1.54) is 32.1 Å². The minimum Gasteiger partial charge on any atom is -0.402 e. The lowest BCUT2D eigenvalue weighted by atomic mass is 9.88. The molecule has 23 heavy (non-hydrogen) atoms. The molecular weight excluding hydrogens is 312 g/mol. The Bertz CT molecular complexity index is 491. The van der Waals surface area contributed by atoms with Gasteiger partial charge in [-0.05, 0) is 45.4 Å². The van der Waals surface area contributed by atoms with Crippen molar-refractivity contribution in [3.05, 3.63) is 42.0 Å². The predicted octanol–water partition coefficient (Wildman–Crippen LogP) is 2.87. The van der Waals surface area contributed by atoms with E-state index in [0.717, 1.165) is 12.1 Å². The van der Waals surface area contributed by atoms with E-state index in [0.29, 0.717) is 5.56 Å². The molecule has 0 amide bonds. The number of hydrogen-bond donors (Lipinski definition) is 3. The van der Waals surface area contributed by atoms with Gasteiger partial charge in [-0.25, -0.2) is 0 Å². The largest absolute Gasteiger partial charge is 0.634 e. The number of rotatable bonds is 4. The van der Waals surface area contributed by atoms with Crippen LogP contribution in [0.5, 0.6) is 0 Å². The van der Waals surface area contributed by atoms with E-state index in [-0.39, 0.29) is 0 Å². The van der Waals surface area contributed by atoms with Crippen molar-refractivity contribution in [2.45, 2.75) is 45.1 Å². The Morgan fingerprint density at radius 1 is 1.04 bits per heavy atom. The summed E-state index contributed by atoms with van der Waals surface area (Å²) in [5.74, 6) is 0. The minimum atomic E-state index is -4.25. The van der Waals surface area contributed by atoms with Crippen molar-refractivity contribution in [1.29, 1.82) is 0 Å². The van der Waals surface area contributed by atoms with Gasteiger partial charge in [0.2, 0.25) is 0 Å². The molecule has 0 aliphatic heterocycles. The van der Waals surface area contributed by atoms with Crippen molar-refractivity contribution in [2.24, 2.45) is 0 Å². The van der Waals surface area contributed by atoms with Crippen molar-refractivity contribution in [2.75, 3.05) is 0 Å². The van der Waals surface area contributed by atoms with Crippen molar-refractivity contribution in [3.8, 4) is 0 Å². The second-order valence-electron chi connectivity index (χ2n) is 5.84. The average molecular weight is 334 g/mol. The van der Waals surface area contributed by atoms with Gasteiger partial charge in [-0.1, -0.05) is 24.8 Å². The average Bonchev–Trinajstić information content (AvgIpc) is 2.35. The fourth-order valence-corrected chi connectivity index (χ4v) is 1.22. The highest BCUT2D eigenvalue weighted by Crippen LogP contribution is 2.29. The van der Waals surface area contributed by atoms with E-state index in [1.807, 2.05) is 0 Å². The second kappa shape index (κ2) is 7.96. The van der Waals surface area contributed by atoms with E-state index in [1.54, 1.807) is 13.8 Å². The molecule has 0 radical (unpaired) electrons. The van der Waals surface area contributed by atoms with Crippen LogP contribution < -0.4 is 0 Å². The van der Waals surface area contributed by atoms with Gasteiger partial charge in [-0.2, -0.15) is 13.2 Å². The lowest BCUT2D eigenvalue weighted by Crippen LogP contribution is -2.50. The van der Waals surface area contributed by atoms with Gasteiger partial charge in [-0.3, -0.25) is 0 Å². The molecule has 0 aromatic heterocycles. The van der Waals surface area contributed by atoms with Crippen molar-refractivity contribution >= 4 is 13.4 Å². The maximum Gasteiger partial charge on any atom is 0.634 e. The van der Waals surface area contributed by atoms with E-state index in [4.69, 9.17) is 10.0 Å². The highest BCUT2D eigenvalue weighted by Gasteiger charge is 2.38. The summed E-state index contributed by atoms with van der Waals surface area (Å²) in [6.45, 7) is 9.67. The molecule has 0 unspecified atom stereocenters. The molecule has 0 atom stereocenters. The van der Waals surface area contributed by atoms with Crippen molar-refractivity contribution in [1.82, 2.24) is 0 Å². The summed E-state index contributed by atoms with van der Waals surface area (Å²) in [6, 6.07) is 4.85. The summed E-state index contributed by atoms with van der Waals surface area (Å²) in [6.07, 6.45) is -2.75. The van der Waals surface area contributed by atoms with Crippen molar-refractivity contribution in [3.63, 3.8) is 0 Å². The molecule has 3 N–H and O–H groups in total. The molecule has 1 aromatic rings. The monoisotopic (exact) mass is 334 g/mol. The fourth-order valence-electron chi connectivity index (χ4n) is 1.22. The predicted molar refractivity (Wildman–Crippen MR) is 83.2 cm³/mol. The maximum absolute atomic E-state index is 12.0. The molecule has 0 spiro atoms. The smallest absolute Gasteiger partial charge is 0.402 e. The standard InChI is InChI=1S/C9H7F3.C6H15BO4/c1-2-7-3-5-8(6-4-7)9(10,11)12;1-5(2,8)6(3,4)11-7(9)10/h2-6H,1H2;8-10H,1-4H3. The third kappa shape index (κ3) is 7.65. The molecule has 0 saturated heterocycles. The highest BCUT2D eigenvalue weighted by atomic mass is 19.4. The summed E-state index contributed by atoms with van der Waals surface area (Å²) >= 11 is 0. The van der Waals surface area contributed by atoms with E-state index in [2.05, 4.69) is 11.2 Å². The summed E-state index contributed by atoms with van der Waals surface area (Å²) in [5.41, 5.74) is -2.05. The van der Waals surface area contributed by atoms with Crippen LogP contribution in [0.2, 0.25) is 0 Å². The molecule has 1 aromatic carbocycles. The molecule has 0 fully saturated rings. The van der Waals surface area contributed by atoms with E-state index >= 15 is 0 Å². The molecule has 0 bridgehead atoms. The van der Waals surface area contributed by atoms with Crippen LogP contribution in [-0.2, 0) is 10.8 Å². The van der Waals surface area contributed by atoms with Gasteiger partial charge < -0.3 is 19.8 Å². The zero-order chi connectivity index (χ0) is 18.5. The Labute approximate surface area is 134 Å². The Hall–Kier alpha value is -1.35. The Balaban J connectivity index is 0.000000423. The minimum absolute atomic E-state index is 0.631. The molecule has 8 heteroatoms. The molecule has 1 rings (SSSR count). The third-order valence-corrected chi connectivity index (χ3v) is 3.35. The summed E-state index contributed by atoms with van der Waals surface area (Å²) in [7, 11) is -1.85. The number of aliphatic hydroxyl groups is 1. The molecule has 0 saturated carbocycles. The first kappa shape index (κ1) is 21.7. The first-order valence-electron chi connectivity index (χ1n) is 6.77.